The van der Waals surface area contributed by atoms with Gasteiger partial charge in [0, 0.05) is 0 Å². The summed E-state index contributed by atoms with van der Waals surface area (Å²) in [6.07, 6.45) is 11.1. The second-order valence-corrected chi connectivity index (χ2v) is 15.0. The van der Waals surface area contributed by atoms with Gasteiger partial charge in [0.1, 0.15) is 0 Å². The minimum Gasteiger partial charge on any atom is -0.465 e. The number of hydrogen-bond donors (Lipinski definition) is 2. The highest BCUT2D eigenvalue weighted by Gasteiger charge is 2.65. The zero-order valence-electron chi connectivity index (χ0n) is 24.9. The summed E-state index contributed by atoms with van der Waals surface area (Å²) in [4.78, 5) is 12.4. The van der Waals surface area contributed by atoms with Crippen molar-refractivity contribution in [2.24, 2.45) is 58.2 Å². The van der Waals surface area contributed by atoms with Crippen LogP contribution >= 0.6 is 0 Å². The molecule has 0 aromatic heterocycles. The summed E-state index contributed by atoms with van der Waals surface area (Å²) in [5, 5.41) is 22.5. The first-order valence-electron chi connectivity index (χ1n) is 16.2. The van der Waals surface area contributed by atoms with Gasteiger partial charge in [-0.3, -0.25) is 0 Å². The Morgan fingerprint density at radius 2 is 1.72 bits per heavy atom. The minimum atomic E-state index is -0.218. The lowest BCUT2D eigenvalue weighted by Gasteiger charge is -2.64. The second kappa shape index (κ2) is 10.2. The molecule has 6 unspecified atom stereocenters. The van der Waals surface area contributed by atoms with Crippen LogP contribution in [0.25, 0.3) is 0 Å². The monoisotopic (exact) mass is 536 g/mol. The molecule has 5 aliphatic carbocycles. The van der Waals surface area contributed by atoms with Gasteiger partial charge in [-0.2, -0.15) is 0 Å². The van der Waals surface area contributed by atoms with Gasteiger partial charge in [0.25, 0.3) is 0 Å². The molecule has 0 saturated heterocycles. The lowest BCUT2D eigenvalue weighted by molar-refractivity contribution is -0.203. The van der Waals surface area contributed by atoms with Gasteiger partial charge in [-0.15, -0.1) is 0 Å². The molecule has 216 valence electrons. The third-order valence-corrected chi connectivity index (χ3v) is 13.5. The van der Waals surface area contributed by atoms with E-state index in [2.05, 4.69) is 39.8 Å². The van der Waals surface area contributed by atoms with E-state index in [1.807, 2.05) is 12.1 Å². The molecule has 5 aliphatic rings. The Balaban J connectivity index is 1.18. The number of aliphatic hydroxyl groups is 2. The number of methoxy groups -OCH3 is 1. The first kappa shape index (κ1) is 27.8. The minimum absolute atomic E-state index is 0.183. The lowest BCUT2D eigenvalue weighted by Crippen LogP contribution is -2.62. The molecule has 0 heterocycles. The van der Waals surface area contributed by atoms with Crippen molar-refractivity contribution in [3.63, 3.8) is 0 Å². The van der Waals surface area contributed by atoms with Crippen LogP contribution in [0.4, 0.5) is 0 Å². The van der Waals surface area contributed by atoms with Crippen molar-refractivity contribution < 1.29 is 19.7 Å². The maximum absolute atomic E-state index is 12.4. The highest BCUT2D eigenvalue weighted by Crippen LogP contribution is 2.70. The second-order valence-electron chi connectivity index (χ2n) is 15.0. The molecular weight excluding hydrogens is 484 g/mol. The Kier molecular flexibility index (Phi) is 7.23. The molecule has 5 fully saturated rings. The van der Waals surface area contributed by atoms with E-state index in [-0.39, 0.29) is 23.6 Å². The fourth-order valence-corrected chi connectivity index (χ4v) is 11.6. The fraction of sp³-hybridized carbons (Fsp3) is 0.800. The van der Waals surface area contributed by atoms with Gasteiger partial charge in [0.05, 0.1) is 24.9 Å². The zero-order chi connectivity index (χ0) is 27.7. The molecule has 5 saturated carbocycles. The Bertz CT molecular complexity index is 1070. The standard InChI is InChI=1S/C35H52O4/c1-6-23-30-19-22(36)13-15-35(30,4)29-14-16-34(3)27(11-12-28(34)31(29)32(23)37)20(2)17-21-18-26(21)24-9-7-8-10-25(24)33(38)39-5/h7-10,20-23,26-32,36-37H,6,11-19H2,1-5H3/t20-,21?,22-,23-,26?,27-,28?,29?,30+,31?,32?,34-,35-/m1/s1. The Hall–Kier alpha value is -1.39. The summed E-state index contributed by atoms with van der Waals surface area (Å²) < 4.78 is 5.07. The van der Waals surface area contributed by atoms with E-state index in [1.54, 1.807) is 0 Å². The highest BCUT2D eigenvalue weighted by molar-refractivity contribution is 5.91. The summed E-state index contributed by atoms with van der Waals surface area (Å²) in [6, 6.07) is 8.03. The van der Waals surface area contributed by atoms with Crippen molar-refractivity contribution in [1.82, 2.24) is 0 Å². The molecule has 6 rings (SSSR count). The van der Waals surface area contributed by atoms with E-state index >= 15 is 0 Å². The predicted octanol–water partition coefficient (Wildman–Crippen LogP) is 7.23. The summed E-state index contributed by atoms with van der Waals surface area (Å²) in [5.74, 6) is 4.72. The SMILES string of the molecule is CC[C@H]1C(O)C2C3CC[C@H]([C@H](C)CC4CC4c4ccccc4C(=O)OC)[C@@]3(C)CCC2[C@@]2(C)CC[C@@H](O)C[C@@H]12. The van der Waals surface area contributed by atoms with Gasteiger partial charge in [-0.1, -0.05) is 52.3 Å². The van der Waals surface area contributed by atoms with Crippen molar-refractivity contribution in [2.45, 2.75) is 110 Å². The van der Waals surface area contributed by atoms with Gasteiger partial charge in [-0.25, -0.2) is 4.79 Å². The van der Waals surface area contributed by atoms with Gasteiger partial charge >= 0.3 is 5.97 Å². The third-order valence-electron chi connectivity index (χ3n) is 13.5. The van der Waals surface area contributed by atoms with Crippen LogP contribution in [0.2, 0.25) is 0 Å². The predicted molar refractivity (Wildman–Crippen MR) is 154 cm³/mol. The molecule has 2 N–H and O–H groups in total. The van der Waals surface area contributed by atoms with Gasteiger partial charge < -0.3 is 14.9 Å². The van der Waals surface area contributed by atoms with Gasteiger partial charge in [-0.05, 0) is 134 Å². The van der Waals surface area contributed by atoms with Crippen molar-refractivity contribution in [3.05, 3.63) is 35.4 Å². The Labute approximate surface area is 236 Å². The number of carbonyl (C=O) groups excluding carboxylic acids is 1. The van der Waals surface area contributed by atoms with E-state index in [0.29, 0.717) is 58.7 Å². The number of carbonyl (C=O) groups is 1. The number of rotatable bonds is 6. The molecule has 0 aliphatic heterocycles. The maximum atomic E-state index is 12.4. The molecule has 4 heteroatoms. The Morgan fingerprint density at radius 1 is 1.00 bits per heavy atom. The molecule has 1 aromatic carbocycles. The van der Waals surface area contributed by atoms with Crippen LogP contribution in [-0.2, 0) is 4.74 Å². The molecule has 1 aromatic rings. The fourth-order valence-electron chi connectivity index (χ4n) is 11.6. The van der Waals surface area contributed by atoms with Crippen LogP contribution in [0.15, 0.2) is 24.3 Å². The van der Waals surface area contributed by atoms with Crippen LogP contribution in [0.5, 0.6) is 0 Å². The van der Waals surface area contributed by atoms with Crippen molar-refractivity contribution in [2.75, 3.05) is 7.11 Å². The molecule has 0 bridgehead atoms. The molecule has 4 nitrogen and oxygen atoms in total. The van der Waals surface area contributed by atoms with Crippen LogP contribution in [0.1, 0.15) is 114 Å². The number of fused-ring (bicyclic) bond motifs is 5. The summed E-state index contributed by atoms with van der Waals surface area (Å²) >= 11 is 0. The number of aliphatic hydroxyl groups excluding tert-OH is 2. The normalized spacial score (nSPS) is 47.5. The molecule has 39 heavy (non-hydrogen) atoms. The van der Waals surface area contributed by atoms with E-state index in [1.165, 1.54) is 51.2 Å². The number of esters is 1. The van der Waals surface area contributed by atoms with E-state index in [0.717, 1.165) is 31.2 Å². The quantitative estimate of drug-likeness (QED) is 0.376. The van der Waals surface area contributed by atoms with Crippen LogP contribution in [0.3, 0.4) is 0 Å². The summed E-state index contributed by atoms with van der Waals surface area (Å²) in [7, 11) is 1.47. The van der Waals surface area contributed by atoms with Crippen LogP contribution in [-0.4, -0.2) is 35.5 Å². The average Bonchev–Trinajstić information content (AvgIpc) is 3.59. The van der Waals surface area contributed by atoms with E-state index < -0.39 is 0 Å². The largest absolute Gasteiger partial charge is 0.465 e. The summed E-state index contributed by atoms with van der Waals surface area (Å²) in [6.45, 7) is 9.89. The van der Waals surface area contributed by atoms with Crippen molar-refractivity contribution in [1.29, 1.82) is 0 Å². The number of ether oxygens (including phenoxy) is 1. The molecular formula is C35H52O4. The molecule has 0 spiro atoms. The molecule has 0 radical (unpaired) electrons. The highest BCUT2D eigenvalue weighted by atomic mass is 16.5. The number of benzene rings is 1. The summed E-state index contributed by atoms with van der Waals surface area (Å²) in [5.41, 5.74) is 2.49. The third kappa shape index (κ3) is 4.33. The number of hydrogen-bond acceptors (Lipinski definition) is 4. The maximum Gasteiger partial charge on any atom is 0.338 e. The van der Waals surface area contributed by atoms with Crippen molar-refractivity contribution >= 4 is 5.97 Å². The topological polar surface area (TPSA) is 66.8 Å². The Morgan fingerprint density at radius 3 is 2.46 bits per heavy atom. The van der Waals surface area contributed by atoms with E-state index in [4.69, 9.17) is 4.74 Å². The lowest BCUT2D eigenvalue weighted by atomic mass is 9.41. The van der Waals surface area contributed by atoms with Crippen molar-refractivity contribution in [3.8, 4) is 0 Å². The smallest absolute Gasteiger partial charge is 0.338 e. The zero-order valence-corrected chi connectivity index (χ0v) is 24.9. The average molecular weight is 537 g/mol. The van der Waals surface area contributed by atoms with Gasteiger partial charge in [0.2, 0.25) is 0 Å². The first-order chi connectivity index (χ1) is 18.6. The first-order valence-corrected chi connectivity index (χ1v) is 16.2. The van der Waals surface area contributed by atoms with Crippen LogP contribution < -0.4 is 0 Å². The molecule has 13 atom stereocenters. The van der Waals surface area contributed by atoms with E-state index in [9.17, 15) is 15.0 Å². The van der Waals surface area contributed by atoms with Gasteiger partial charge in [0.15, 0.2) is 0 Å². The molecule has 0 amide bonds. The van der Waals surface area contributed by atoms with Crippen LogP contribution in [0, 0.1) is 58.2 Å².